The van der Waals surface area contributed by atoms with Gasteiger partial charge >= 0.3 is 0 Å². The predicted molar refractivity (Wildman–Crippen MR) is 89.6 cm³/mol. The van der Waals surface area contributed by atoms with Gasteiger partial charge in [-0.15, -0.1) is 0 Å². The van der Waals surface area contributed by atoms with Gasteiger partial charge in [-0.25, -0.2) is 9.07 Å². The zero-order valence-electron chi connectivity index (χ0n) is 13.4. The van der Waals surface area contributed by atoms with E-state index in [-0.39, 0.29) is 11.4 Å². The van der Waals surface area contributed by atoms with E-state index in [0.717, 1.165) is 0 Å². The van der Waals surface area contributed by atoms with Crippen LogP contribution in [0.5, 0.6) is 0 Å². The Morgan fingerprint density at radius 1 is 1.24 bits per heavy atom. The van der Waals surface area contributed by atoms with Gasteiger partial charge in [0.15, 0.2) is 0 Å². The minimum Gasteiger partial charge on any atom is -0.368 e. The molecule has 7 nitrogen and oxygen atoms in total. The average Bonchev–Trinajstić information content (AvgIpc) is 3.04. The van der Waals surface area contributed by atoms with E-state index in [0.29, 0.717) is 23.0 Å². The molecule has 2 aromatic heterocycles. The number of carbonyl (C=O) groups is 2. The van der Waals surface area contributed by atoms with Crippen LogP contribution in [0.3, 0.4) is 0 Å². The highest BCUT2D eigenvalue weighted by molar-refractivity contribution is 6.07. The molecule has 0 aliphatic carbocycles. The van der Waals surface area contributed by atoms with Gasteiger partial charge in [0.2, 0.25) is 5.91 Å². The Labute approximate surface area is 142 Å². The SMILES string of the molecule is CCC(NC(=O)c1cncc2c1cnn2-c1ccc(F)cc1)C(N)=O. The predicted octanol–water partition coefficient (Wildman–Crippen LogP) is 1.55. The van der Waals surface area contributed by atoms with Crippen molar-refractivity contribution >= 4 is 22.7 Å². The molecule has 2 amide bonds. The molecule has 25 heavy (non-hydrogen) atoms. The lowest BCUT2D eigenvalue weighted by molar-refractivity contribution is -0.119. The smallest absolute Gasteiger partial charge is 0.254 e. The van der Waals surface area contributed by atoms with Crippen LogP contribution in [0.25, 0.3) is 16.6 Å². The van der Waals surface area contributed by atoms with E-state index in [9.17, 15) is 14.0 Å². The maximum Gasteiger partial charge on any atom is 0.254 e. The summed E-state index contributed by atoms with van der Waals surface area (Å²) in [6.07, 6.45) is 4.88. The van der Waals surface area contributed by atoms with Gasteiger partial charge < -0.3 is 11.1 Å². The first kappa shape index (κ1) is 16.6. The van der Waals surface area contributed by atoms with Gasteiger partial charge in [0.25, 0.3) is 5.91 Å². The van der Waals surface area contributed by atoms with E-state index in [2.05, 4.69) is 15.4 Å². The highest BCUT2D eigenvalue weighted by atomic mass is 19.1. The van der Waals surface area contributed by atoms with Crippen LogP contribution in [-0.4, -0.2) is 32.6 Å². The third-order valence-electron chi connectivity index (χ3n) is 3.87. The number of halogens is 1. The molecule has 8 heteroatoms. The molecule has 3 aromatic rings. The fourth-order valence-electron chi connectivity index (χ4n) is 2.52. The van der Waals surface area contributed by atoms with Gasteiger partial charge in [-0.1, -0.05) is 6.92 Å². The highest BCUT2D eigenvalue weighted by Crippen LogP contribution is 2.21. The number of primary amides is 1. The number of nitrogens with zero attached hydrogens (tertiary/aromatic N) is 3. The van der Waals surface area contributed by atoms with E-state index in [1.54, 1.807) is 29.9 Å². The summed E-state index contributed by atoms with van der Waals surface area (Å²) in [5, 5.41) is 7.41. The molecule has 1 aromatic carbocycles. The van der Waals surface area contributed by atoms with E-state index >= 15 is 0 Å². The standard InChI is InChI=1S/C17H16FN5O2/c1-2-14(16(19)24)22-17(25)13-7-20-9-15-12(13)8-21-23(15)11-5-3-10(18)4-6-11/h3-9,14H,2H2,1H3,(H2,19,24)(H,22,25). The first-order valence-electron chi connectivity index (χ1n) is 7.69. The molecule has 0 radical (unpaired) electrons. The molecular weight excluding hydrogens is 325 g/mol. The van der Waals surface area contributed by atoms with E-state index in [4.69, 9.17) is 5.73 Å². The Kier molecular flexibility index (Phi) is 4.42. The summed E-state index contributed by atoms with van der Waals surface area (Å²) in [6.45, 7) is 1.75. The molecule has 0 saturated carbocycles. The van der Waals surface area contributed by atoms with Gasteiger partial charge in [0.1, 0.15) is 11.9 Å². The lowest BCUT2D eigenvalue weighted by Gasteiger charge is -2.13. The summed E-state index contributed by atoms with van der Waals surface area (Å²) >= 11 is 0. The van der Waals surface area contributed by atoms with Gasteiger partial charge in [-0.2, -0.15) is 5.10 Å². The van der Waals surface area contributed by atoms with Crippen molar-refractivity contribution in [2.24, 2.45) is 5.73 Å². The zero-order chi connectivity index (χ0) is 18.0. The van der Waals surface area contributed by atoms with Crippen LogP contribution >= 0.6 is 0 Å². The quantitative estimate of drug-likeness (QED) is 0.735. The van der Waals surface area contributed by atoms with Gasteiger partial charge in [-0.05, 0) is 30.7 Å². The second-order valence-electron chi connectivity index (χ2n) is 5.49. The average molecular weight is 341 g/mol. The molecule has 3 rings (SSSR count). The topological polar surface area (TPSA) is 103 Å². The normalized spacial score (nSPS) is 12.1. The first-order chi connectivity index (χ1) is 12.0. The van der Waals surface area contributed by atoms with Crippen LogP contribution in [0.15, 0.2) is 42.9 Å². The highest BCUT2D eigenvalue weighted by Gasteiger charge is 2.20. The molecule has 2 heterocycles. The second-order valence-corrected chi connectivity index (χ2v) is 5.49. The largest absolute Gasteiger partial charge is 0.368 e. The van der Waals surface area contributed by atoms with Crippen molar-refractivity contribution in [2.75, 3.05) is 0 Å². The van der Waals surface area contributed by atoms with Crippen molar-refractivity contribution < 1.29 is 14.0 Å². The van der Waals surface area contributed by atoms with Crippen molar-refractivity contribution in [3.63, 3.8) is 0 Å². The number of pyridine rings is 1. The van der Waals surface area contributed by atoms with Gasteiger partial charge in [-0.3, -0.25) is 14.6 Å². The van der Waals surface area contributed by atoms with Crippen LogP contribution < -0.4 is 11.1 Å². The Bertz CT molecular complexity index is 936. The van der Waals surface area contributed by atoms with Crippen LogP contribution in [0.2, 0.25) is 0 Å². The number of benzene rings is 1. The summed E-state index contributed by atoms with van der Waals surface area (Å²) in [7, 11) is 0. The maximum absolute atomic E-state index is 13.1. The van der Waals surface area contributed by atoms with Crippen LogP contribution in [0.4, 0.5) is 4.39 Å². The number of fused-ring (bicyclic) bond motifs is 1. The Morgan fingerprint density at radius 3 is 2.60 bits per heavy atom. The monoisotopic (exact) mass is 341 g/mol. The molecule has 0 bridgehead atoms. The Morgan fingerprint density at radius 2 is 1.96 bits per heavy atom. The minimum atomic E-state index is -0.755. The number of hydrogen-bond donors (Lipinski definition) is 2. The molecule has 1 unspecified atom stereocenters. The lowest BCUT2D eigenvalue weighted by Crippen LogP contribution is -2.44. The Hall–Kier alpha value is -3.29. The summed E-state index contributed by atoms with van der Waals surface area (Å²) in [5.41, 5.74) is 6.77. The number of hydrogen-bond acceptors (Lipinski definition) is 4. The molecular formula is C17H16FN5O2. The number of amides is 2. The molecule has 0 saturated heterocycles. The number of nitrogens with two attached hydrogens (primary N) is 1. The number of nitrogens with one attached hydrogen (secondary N) is 1. The molecule has 0 fully saturated rings. The van der Waals surface area contributed by atoms with Crippen LogP contribution in [0.1, 0.15) is 23.7 Å². The summed E-state index contributed by atoms with van der Waals surface area (Å²) in [4.78, 5) is 27.9. The van der Waals surface area contributed by atoms with Gasteiger partial charge in [0, 0.05) is 11.6 Å². The third-order valence-corrected chi connectivity index (χ3v) is 3.87. The molecule has 128 valence electrons. The van der Waals surface area contributed by atoms with E-state index in [1.807, 2.05) is 0 Å². The van der Waals surface area contributed by atoms with Crippen LogP contribution in [0, 0.1) is 5.82 Å². The van der Waals surface area contributed by atoms with Crippen molar-refractivity contribution in [1.82, 2.24) is 20.1 Å². The summed E-state index contributed by atoms with van der Waals surface area (Å²) in [6, 6.07) is 5.05. The molecule has 1 atom stereocenters. The number of rotatable bonds is 5. The van der Waals surface area contributed by atoms with E-state index < -0.39 is 17.9 Å². The third kappa shape index (κ3) is 3.18. The lowest BCUT2D eigenvalue weighted by atomic mass is 10.1. The first-order valence-corrected chi connectivity index (χ1v) is 7.69. The van der Waals surface area contributed by atoms with Crippen LogP contribution in [-0.2, 0) is 4.79 Å². The number of carbonyl (C=O) groups excluding carboxylic acids is 2. The summed E-state index contributed by atoms with van der Waals surface area (Å²) in [5.74, 6) is -1.41. The van der Waals surface area contributed by atoms with E-state index in [1.165, 1.54) is 24.5 Å². The van der Waals surface area contributed by atoms with Crippen molar-refractivity contribution in [3.8, 4) is 5.69 Å². The summed E-state index contributed by atoms with van der Waals surface area (Å²) < 4.78 is 14.7. The molecule has 0 spiro atoms. The molecule has 0 aliphatic heterocycles. The fourth-order valence-corrected chi connectivity index (χ4v) is 2.52. The fraction of sp³-hybridized carbons (Fsp3) is 0.176. The molecule has 3 N–H and O–H groups in total. The van der Waals surface area contributed by atoms with Crippen molar-refractivity contribution in [3.05, 3.63) is 54.2 Å². The molecule has 0 aliphatic rings. The second kappa shape index (κ2) is 6.68. The van der Waals surface area contributed by atoms with Crippen molar-refractivity contribution in [2.45, 2.75) is 19.4 Å². The maximum atomic E-state index is 13.1. The van der Waals surface area contributed by atoms with Gasteiger partial charge in [0.05, 0.1) is 29.2 Å². The minimum absolute atomic E-state index is 0.283. The van der Waals surface area contributed by atoms with Crippen molar-refractivity contribution in [1.29, 1.82) is 0 Å². The Balaban J connectivity index is 2.00. The zero-order valence-corrected chi connectivity index (χ0v) is 13.4. The number of aromatic nitrogens is 3.